The molecule has 0 fully saturated rings. The smallest absolute Gasteiger partial charge is 0.308 e. The maximum absolute atomic E-state index is 13.0. The summed E-state index contributed by atoms with van der Waals surface area (Å²) in [7, 11) is 0. The molecule has 0 radical (unpaired) electrons. The van der Waals surface area contributed by atoms with Crippen molar-refractivity contribution in [3.05, 3.63) is 71.0 Å². The molecule has 1 unspecified atom stereocenters. The maximum atomic E-state index is 13.0. The van der Waals surface area contributed by atoms with Crippen molar-refractivity contribution in [2.24, 2.45) is 5.92 Å². The van der Waals surface area contributed by atoms with Crippen LogP contribution in [-0.2, 0) is 14.4 Å². The molecular formula is C24H22N2O5. The first-order valence-corrected chi connectivity index (χ1v) is 9.81. The fourth-order valence-electron chi connectivity index (χ4n) is 3.53. The summed E-state index contributed by atoms with van der Waals surface area (Å²) < 4.78 is 5.06. The topological polar surface area (TPSA) is 108 Å². The van der Waals surface area contributed by atoms with E-state index < -0.39 is 23.7 Å². The van der Waals surface area contributed by atoms with E-state index in [1.807, 2.05) is 19.9 Å². The third kappa shape index (κ3) is 4.48. The van der Waals surface area contributed by atoms with Crippen LogP contribution in [0.2, 0.25) is 0 Å². The van der Waals surface area contributed by atoms with Gasteiger partial charge in [-0.15, -0.1) is 0 Å². The fraction of sp³-hybridized carbons (Fsp3) is 0.250. The first kappa shape index (κ1) is 21.8. The van der Waals surface area contributed by atoms with E-state index in [9.17, 15) is 19.5 Å². The van der Waals surface area contributed by atoms with Gasteiger partial charge in [0.1, 0.15) is 5.75 Å². The van der Waals surface area contributed by atoms with E-state index in [0.29, 0.717) is 22.6 Å². The predicted octanol–water partition coefficient (Wildman–Crippen LogP) is 4.00. The number of ketones is 1. The molecule has 0 saturated heterocycles. The summed E-state index contributed by atoms with van der Waals surface area (Å²) >= 11 is 0. The molecule has 0 saturated carbocycles. The summed E-state index contributed by atoms with van der Waals surface area (Å²) in [5, 5.41) is 19.7. The number of benzene rings is 2. The van der Waals surface area contributed by atoms with E-state index in [0.717, 1.165) is 0 Å². The molecule has 2 aromatic carbocycles. The second-order valence-corrected chi connectivity index (χ2v) is 7.68. The average Bonchev–Trinajstić information content (AvgIpc) is 2.99. The van der Waals surface area contributed by atoms with Crippen molar-refractivity contribution < 1.29 is 24.2 Å². The molecule has 1 aliphatic rings. The van der Waals surface area contributed by atoms with Crippen LogP contribution >= 0.6 is 0 Å². The molecule has 158 valence electrons. The van der Waals surface area contributed by atoms with Crippen molar-refractivity contribution in [1.82, 2.24) is 0 Å². The van der Waals surface area contributed by atoms with E-state index in [1.54, 1.807) is 48.5 Å². The number of esters is 1. The van der Waals surface area contributed by atoms with E-state index in [-0.39, 0.29) is 23.7 Å². The van der Waals surface area contributed by atoms with Gasteiger partial charge in [-0.2, -0.15) is 5.26 Å². The highest BCUT2D eigenvalue weighted by Crippen LogP contribution is 2.42. The number of hydrogen-bond acceptors (Lipinski definition) is 6. The number of nitriles is 1. The number of rotatable bonds is 6. The Labute approximate surface area is 180 Å². The number of Topliss-reactive ketones (excluding diaryl/α,β-unsaturated/α-hetero) is 1. The Bertz CT molecular complexity index is 1090. The Morgan fingerprint density at radius 1 is 1.13 bits per heavy atom. The molecule has 3 rings (SSSR count). The minimum Gasteiger partial charge on any atom is -0.503 e. The zero-order valence-corrected chi connectivity index (χ0v) is 17.5. The summed E-state index contributed by atoms with van der Waals surface area (Å²) in [6, 6.07) is 13.9. The number of hydrogen-bond donors (Lipinski definition) is 1. The van der Waals surface area contributed by atoms with Gasteiger partial charge in [-0.05, 0) is 47.9 Å². The van der Waals surface area contributed by atoms with E-state index in [4.69, 9.17) is 10.00 Å². The molecule has 0 spiro atoms. The molecule has 2 aromatic rings. The SMILES string of the molecule is CC(=O)Oc1ccc(C2C(C(=O)CC(C)C)=C(O)C(=O)N2c2ccc(C#N)cc2)cc1. The molecule has 0 aromatic heterocycles. The molecule has 1 N–H and O–H groups in total. The third-order valence-electron chi connectivity index (χ3n) is 4.83. The van der Waals surface area contributed by atoms with Crippen molar-refractivity contribution in [1.29, 1.82) is 5.26 Å². The normalized spacial score (nSPS) is 15.9. The number of nitrogens with zero attached hydrogens (tertiary/aromatic N) is 2. The Morgan fingerprint density at radius 2 is 1.74 bits per heavy atom. The first-order valence-electron chi connectivity index (χ1n) is 9.81. The van der Waals surface area contributed by atoms with Crippen molar-refractivity contribution in [3.63, 3.8) is 0 Å². The van der Waals surface area contributed by atoms with E-state index in [2.05, 4.69) is 0 Å². The molecular weight excluding hydrogens is 396 g/mol. The maximum Gasteiger partial charge on any atom is 0.308 e. The first-order chi connectivity index (χ1) is 14.7. The number of anilines is 1. The molecule has 31 heavy (non-hydrogen) atoms. The van der Waals surface area contributed by atoms with Gasteiger partial charge in [-0.1, -0.05) is 26.0 Å². The Kier molecular flexibility index (Phi) is 6.21. The molecule has 1 atom stereocenters. The third-order valence-corrected chi connectivity index (χ3v) is 4.83. The van der Waals surface area contributed by atoms with Gasteiger partial charge >= 0.3 is 5.97 Å². The Hall–Kier alpha value is -3.92. The largest absolute Gasteiger partial charge is 0.503 e. The Morgan fingerprint density at radius 3 is 2.26 bits per heavy atom. The molecule has 1 aliphatic heterocycles. The van der Waals surface area contributed by atoms with Crippen molar-refractivity contribution in [2.45, 2.75) is 33.2 Å². The molecule has 1 heterocycles. The van der Waals surface area contributed by atoms with Crippen molar-refractivity contribution in [2.75, 3.05) is 4.90 Å². The van der Waals surface area contributed by atoms with E-state index >= 15 is 0 Å². The summed E-state index contributed by atoms with van der Waals surface area (Å²) in [5.41, 5.74) is 1.47. The standard InChI is InChI=1S/C24H22N2O5/c1-14(2)12-20(28)21-22(17-6-10-19(11-7-17)31-15(3)27)26(24(30)23(21)29)18-8-4-16(13-25)5-9-18/h4-11,14,22,29H,12H2,1-3H3. The van der Waals surface area contributed by atoms with E-state index in [1.165, 1.54) is 11.8 Å². The molecule has 1 amide bonds. The number of aliphatic hydroxyl groups is 1. The van der Waals surface area contributed by atoms with Gasteiger partial charge in [-0.25, -0.2) is 0 Å². The van der Waals surface area contributed by atoms with Crippen LogP contribution in [0.3, 0.4) is 0 Å². The van der Waals surface area contributed by atoms with Gasteiger partial charge in [-0.3, -0.25) is 19.3 Å². The van der Waals surface area contributed by atoms with Crippen molar-refractivity contribution in [3.8, 4) is 11.8 Å². The summed E-state index contributed by atoms with van der Waals surface area (Å²) in [6.45, 7) is 5.06. The fourth-order valence-corrected chi connectivity index (χ4v) is 3.53. The van der Waals surface area contributed by atoms with Crippen LogP contribution in [0.4, 0.5) is 5.69 Å². The lowest BCUT2D eigenvalue weighted by molar-refractivity contribution is -0.131. The number of aliphatic hydroxyl groups excluding tert-OH is 1. The van der Waals surface area contributed by atoms with Crippen LogP contribution in [0.25, 0.3) is 0 Å². The van der Waals surface area contributed by atoms with Gasteiger partial charge in [0.2, 0.25) is 0 Å². The zero-order chi connectivity index (χ0) is 22.7. The molecule has 0 bridgehead atoms. The second-order valence-electron chi connectivity index (χ2n) is 7.68. The predicted molar refractivity (Wildman–Crippen MR) is 113 cm³/mol. The summed E-state index contributed by atoms with van der Waals surface area (Å²) in [5.74, 6) is -1.68. The zero-order valence-electron chi connectivity index (χ0n) is 17.5. The Balaban J connectivity index is 2.09. The van der Waals surface area contributed by atoms with Crippen LogP contribution in [0.15, 0.2) is 59.9 Å². The van der Waals surface area contributed by atoms with Gasteiger partial charge in [0, 0.05) is 19.0 Å². The number of carbonyl (C=O) groups excluding carboxylic acids is 3. The van der Waals surface area contributed by atoms with Crippen LogP contribution < -0.4 is 9.64 Å². The van der Waals surface area contributed by atoms with Gasteiger partial charge in [0.25, 0.3) is 5.91 Å². The number of carbonyl (C=O) groups is 3. The minimum atomic E-state index is -0.849. The van der Waals surface area contributed by atoms with Crippen LogP contribution in [0, 0.1) is 17.2 Å². The second kappa shape index (κ2) is 8.84. The lowest BCUT2D eigenvalue weighted by Gasteiger charge is -2.27. The highest BCUT2D eigenvalue weighted by atomic mass is 16.5. The molecule has 7 heteroatoms. The molecule has 0 aliphatic carbocycles. The van der Waals surface area contributed by atoms with Gasteiger partial charge in [0.15, 0.2) is 11.5 Å². The van der Waals surface area contributed by atoms with Gasteiger partial charge < -0.3 is 9.84 Å². The highest BCUT2D eigenvalue weighted by Gasteiger charge is 2.44. The number of ether oxygens (including phenoxy) is 1. The van der Waals surface area contributed by atoms with Gasteiger partial charge in [0.05, 0.1) is 23.2 Å². The minimum absolute atomic E-state index is 0.0308. The van der Waals surface area contributed by atoms with Crippen LogP contribution in [0.1, 0.15) is 44.4 Å². The van der Waals surface area contributed by atoms with Crippen LogP contribution in [-0.4, -0.2) is 22.8 Å². The summed E-state index contributed by atoms with van der Waals surface area (Å²) in [4.78, 5) is 38.5. The summed E-state index contributed by atoms with van der Waals surface area (Å²) in [6.07, 6.45) is 0.177. The molecule has 7 nitrogen and oxygen atoms in total. The van der Waals surface area contributed by atoms with Crippen LogP contribution in [0.5, 0.6) is 5.75 Å². The lowest BCUT2D eigenvalue weighted by Crippen LogP contribution is -2.31. The number of amides is 1. The van der Waals surface area contributed by atoms with Crippen molar-refractivity contribution >= 4 is 23.3 Å². The average molecular weight is 418 g/mol. The quantitative estimate of drug-likeness (QED) is 0.561. The monoisotopic (exact) mass is 418 g/mol. The highest BCUT2D eigenvalue weighted by molar-refractivity contribution is 6.16. The lowest BCUT2D eigenvalue weighted by atomic mass is 9.92.